The maximum Gasteiger partial charge on any atom is 0.0807 e. The molecule has 0 saturated heterocycles. The monoisotopic (exact) mass is 235 g/mol. The number of hydrogen-bond donors (Lipinski definition) is 2. The van der Waals surface area contributed by atoms with Crippen LogP contribution in [0.4, 0.5) is 5.69 Å². The number of nitrogens with zero attached hydrogens (tertiary/aromatic N) is 1. The predicted molar refractivity (Wildman–Crippen MR) is 69.1 cm³/mol. The van der Waals surface area contributed by atoms with E-state index in [1.54, 1.807) is 0 Å². The Balaban J connectivity index is 2.28. The second kappa shape index (κ2) is 5.52. The van der Waals surface area contributed by atoms with E-state index in [1.807, 2.05) is 31.2 Å². The highest BCUT2D eigenvalue weighted by molar-refractivity contribution is 5.56. The SMILES string of the molecule is CC[C@@H](O)c1ccccc1N(CCO)C1CC1. The van der Waals surface area contributed by atoms with E-state index >= 15 is 0 Å². The molecule has 17 heavy (non-hydrogen) atoms. The lowest BCUT2D eigenvalue weighted by Gasteiger charge is -2.27. The van der Waals surface area contributed by atoms with Gasteiger partial charge in [-0.25, -0.2) is 0 Å². The van der Waals surface area contributed by atoms with Crippen molar-refractivity contribution in [3.63, 3.8) is 0 Å². The van der Waals surface area contributed by atoms with E-state index in [4.69, 9.17) is 5.11 Å². The second-order valence-electron chi connectivity index (χ2n) is 4.63. The summed E-state index contributed by atoms with van der Waals surface area (Å²) in [5, 5.41) is 19.2. The van der Waals surface area contributed by atoms with Crippen LogP contribution < -0.4 is 4.90 Å². The van der Waals surface area contributed by atoms with Crippen LogP contribution in [-0.4, -0.2) is 29.4 Å². The van der Waals surface area contributed by atoms with Gasteiger partial charge in [0.1, 0.15) is 0 Å². The third-order valence-electron chi connectivity index (χ3n) is 3.32. The zero-order valence-electron chi connectivity index (χ0n) is 10.3. The third-order valence-corrected chi connectivity index (χ3v) is 3.32. The summed E-state index contributed by atoms with van der Waals surface area (Å²) in [6.45, 7) is 2.79. The van der Waals surface area contributed by atoms with Gasteiger partial charge < -0.3 is 15.1 Å². The van der Waals surface area contributed by atoms with Gasteiger partial charge in [-0.3, -0.25) is 0 Å². The van der Waals surface area contributed by atoms with E-state index in [2.05, 4.69) is 4.90 Å². The minimum absolute atomic E-state index is 0.160. The van der Waals surface area contributed by atoms with Gasteiger partial charge in [-0.2, -0.15) is 0 Å². The number of rotatable bonds is 6. The number of benzene rings is 1. The maximum atomic E-state index is 10.0. The van der Waals surface area contributed by atoms with Crippen molar-refractivity contribution in [1.82, 2.24) is 0 Å². The van der Waals surface area contributed by atoms with Gasteiger partial charge in [-0.05, 0) is 25.3 Å². The Morgan fingerprint density at radius 3 is 2.65 bits per heavy atom. The molecule has 3 heteroatoms. The fraction of sp³-hybridized carbons (Fsp3) is 0.571. The first-order valence-electron chi connectivity index (χ1n) is 6.42. The van der Waals surface area contributed by atoms with Crippen LogP contribution in [-0.2, 0) is 0 Å². The Morgan fingerprint density at radius 2 is 2.06 bits per heavy atom. The largest absolute Gasteiger partial charge is 0.395 e. The molecule has 2 rings (SSSR count). The molecule has 2 N–H and O–H groups in total. The Bertz CT molecular complexity index is 363. The number of anilines is 1. The van der Waals surface area contributed by atoms with Crippen molar-refractivity contribution in [2.45, 2.75) is 38.3 Å². The molecule has 0 radical (unpaired) electrons. The summed E-state index contributed by atoms with van der Waals surface area (Å²) < 4.78 is 0. The van der Waals surface area contributed by atoms with Crippen LogP contribution in [0.15, 0.2) is 24.3 Å². The van der Waals surface area contributed by atoms with E-state index in [-0.39, 0.29) is 6.61 Å². The van der Waals surface area contributed by atoms with Gasteiger partial charge in [0.25, 0.3) is 0 Å². The molecule has 0 spiro atoms. The van der Waals surface area contributed by atoms with Crippen molar-refractivity contribution < 1.29 is 10.2 Å². The lowest BCUT2D eigenvalue weighted by molar-refractivity contribution is 0.174. The normalized spacial score (nSPS) is 16.9. The van der Waals surface area contributed by atoms with E-state index in [0.29, 0.717) is 19.0 Å². The number of para-hydroxylation sites is 1. The van der Waals surface area contributed by atoms with Gasteiger partial charge in [-0.15, -0.1) is 0 Å². The van der Waals surface area contributed by atoms with Crippen LogP contribution in [0.1, 0.15) is 37.9 Å². The van der Waals surface area contributed by atoms with Crippen LogP contribution in [0, 0.1) is 0 Å². The van der Waals surface area contributed by atoms with Crippen molar-refractivity contribution in [1.29, 1.82) is 0 Å². The number of hydrogen-bond acceptors (Lipinski definition) is 3. The molecule has 3 nitrogen and oxygen atoms in total. The molecule has 94 valence electrons. The van der Waals surface area contributed by atoms with Gasteiger partial charge in [0, 0.05) is 23.8 Å². The predicted octanol–water partition coefficient (Wildman–Crippen LogP) is 2.09. The summed E-state index contributed by atoms with van der Waals surface area (Å²) in [6, 6.07) is 8.53. The molecule has 1 aliphatic carbocycles. The summed E-state index contributed by atoms with van der Waals surface area (Å²) in [7, 11) is 0. The fourth-order valence-corrected chi connectivity index (χ4v) is 2.24. The Morgan fingerprint density at radius 1 is 1.35 bits per heavy atom. The fourth-order valence-electron chi connectivity index (χ4n) is 2.24. The lowest BCUT2D eigenvalue weighted by atomic mass is 10.0. The van der Waals surface area contributed by atoms with Gasteiger partial charge >= 0.3 is 0 Å². The summed E-state index contributed by atoms with van der Waals surface area (Å²) in [5.41, 5.74) is 2.06. The third kappa shape index (κ3) is 2.79. The summed E-state index contributed by atoms with van der Waals surface area (Å²) in [6.07, 6.45) is 2.69. The highest BCUT2D eigenvalue weighted by Crippen LogP contribution is 2.35. The average Bonchev–Trinajstić information content (AvgIpc) is 3.19. The van der Waals surface area contributed by atoms with E-state index in [9.17, 15) is 5.11 Å². The molecule has 1 saturated carbocycles. The first-order valence-corrected chi connectivity index (χ1v) is 6.42. The second-order valence-corrected chi connectivity index (χ2v) is 4.63. The quantitative estimate of drug-likeness (QED) is 0.793. The molecule has 0 aliphatic heterocycles. The zero-order valence-corrected chi connectivity index (χ0v) is 10.3. The molecule has 1 aliphatic rings. The molecule has 1 aromatic carbocycles. The molecule has 1 aromatic rings. The van der Waals surface area contributed by atoms with Gasteiger partial charge in [0.2, 0.25) is 0 Å². The van der Waals surface area contributed by atoms with E-state index < -0.39 is 6.10 Å². The minimum atomic E-state index is -0.411. The van der Waals surface area contributed by atoms with Crippen LogP contribution in [0.25, 0.3) is 0 Å². The Hall–Kier alpha value is -1.06. The summed E-state index contributed by atoms with van der Waals surface area (Å²) in [5.74, 6) is 0. The highest BCUT2D eigenvalue weighted by Gasteiger charge is 2.30. The zero-order chi connectivity index (χ0) is 12.3. The molecule has 0 heterocycles. The van der Waals surface area contributed by atoms with Crippen LogP contribution in [0.5, 0.6) is 0 Å². The highest BCUT2D eigenvalue weighted by atomic mass is 16.3. The van der Waals surface area contributed by atoms with E-state index in [1.165, 1.54) is 12.8 Å². The first-order chi connectivity index (χ1) is 8.27. The Kier molecular flexibility index (Phi) is 4.02. The molecule has 0 unspecified atom stereocenters. The maximum absolute atomic E-state index is 10.0. The summed E-state index contributed by atoms with van der Waals surface area (Å²) >= 11 is 0. The Labute approximate surface area is 103 Å². The first kappa shape index (κ1) is 12.4. The van der Waals surface area contributed by atoms with Gasteiger partial charge in [0.15, 0.2) is 0 Å². The molecule has 0 amide bonds. The number of aliphatic hydroxyl groups excluding tert-OH is 2. The average molecular weight is 235 g/mol. The van der Waals surface area contributed by atoms with Gasteiger partial charge in [-0.1, -0.05) is 25.1 Å². The molecule has 0 aromatic heterocycles. The smallest absolute Gasteiger partial charge is 0.0807 e. The van der Waals surface area contributed by atoms with Gasteiger partial charge in [0.05, 0.1) is 12.7 Å². The summed E-state index contributed by atoms with van der Waals surface area (Å²) in [4.78, 5) is 2.23. The lowest BCUT2D eigenvalue weighted by Crippen LogP contribution is -2.30. The van der Waals surface area contributed by atoms with Crippen LogP contribution in [0.2, 0.25) is 0 Å². The molecule has 0 bridgehead atoms. The molecule has 1 atom stereocenters. The molecule has 1 fully saturated rings. The minimum Gasteiger partial charge on any atom is -0.395 e. The standard InChI is InChI=1S/C14H21NO2/c1-2-14(17)12-5-3-4-6-13(12)15(9-10-16)11-7-8-11/h3-6,11,14,16-17H,2,7-10H2,1H3/t14-/m1/s1. The van der Waals surface area contributed by atoms with Crippen molar-refractivity contribution in [2.75, 3.05) is 18.1 Å². The van der Waals surface area contributed by atoms with Crippen molar-refractivity contribution in [3.8, 4) is 0 Å². The molecular formula is C14H21NO2. The molecular weight excluding hydrogens is 214 g/mol. The number of aliphatic hydroxyl groups is 2. The van der Waals surface area contributed by atoms with Crippen molar-refractivity contribution >= 4 is 5.69 Å². The van der Waals surface area contributed by atoms with Crippen molar-refractivity contribution in [2.24, 2.45) is 0 Å². The van der Waals surface area contributed by atoms with Crippen LogP contribution in [0.3, 0.4) is 0 Å². The van der Waals surface area contributed by atoms with E-state index in [0.717, 1.165) is 11.3 Å². The van der Waals surface area contributed by atoms with Crippen LogP contribution >= 0.6 is 0 Å². The van der Waals surface area contributed by atoms with Crippen molar-refractivity contribution in [3.05, 3.63) is 29.8 Å². The topological polar surface area (TPSA) is 43.7 Å².